The molecule has 138 valence electrons. The van der Waals surface area contributed by atoms with Crippen LogP contribution in [0.15, 0.2) is 24.3 Å². The number of rotatable bonds is 7. The number of nitrogens with zero attached hydrogens (tertiary/aromatic N) is 1. The van der Waals surface area contributed by atoms with Crippen molar-refractivity contribution in [1.29, 1.82) is 0 Å². The number of benzene rings is 1. The lowest BCUT2D eigenvalue weighted by atomic mass is 9.89. The van der Waals surface area contributed by atoms with Crippen LogP contribution in [0.1, 0.15) is 37.7 Å². The van der Waals surface area contributed by atoms with Crippen LogP contribution in [0.4, 0.5) is 8.78 Å². The number of carbonyl (C=O) groups excluding carboxylic acids is 1. The first-order valence-corrected chi connectivity index (χ1v) is 8.55. The van der Waals surface area contributed by atoms with Crippen molar-refractivity contribution in [1.82, 2.24) is 4.90 Å². The molecular formula is C19H25F2NO3. The van der Waals surface area contributed by atoms with Gasteiger partial charge in [-0.15, -0.1) is 0 Å². The van der Waals surface area contributed by atoms with Crippen LogP contribution >= 0.6 is 0 Å². The fourth-order valence-corrected chi connectivity index (χ4v) is 3.12. The van der Waals surface area contributed by atoms with Crippen LogP contribution < -0.4 is 9.47 Å². The van der Waals surface area contributed by atoms with Crippen LogP contribution in [-0.4, -0.2) is 38.1 Å². The lowest BCUT2D eigenvalue weighted by Crippen LogP contribution is -2.31. The number of methoxy groups -OCH3 is 1. The summed E-state index contributed by atoms with van der Waals surface area (Å²) in [7, 11) is 3.19. The predicted octanol–water partition coefficient (Wildman–Crippen LogP) is 4.35. The highest BCUT2D eigenvalue weighted by Gasteiger charge is 2.17. The Bertz CT molecular complexity index is 598. The van der Waals surface area contributed by atoms with Gasteiger partial charge in [-0.05, 0) is 42.5 Å². The number of carbonyl (C=O) groups is 1. The molecular weight excluding hydrogens is 328 g/mol. The van der Waals surface area contributed by atoms with Crippen LogP contribution in [0.3, 0.4) is 0 Å². The number of ether oxygens (including phenoxy) is 2. The molecule has 1 aromatic rings. The summed E-state index contributed by atoms with van der Waals surface area (Å²) >= 11 is 0. The van der Waals surface area contributed by atoms with Gasteiger partial charge in [0.1, 0.15) is 0 Å². The van der Waals surface area contributed by atoms with E-state index in [1.807, 2.05) is 0 Å². The molecule has 0 atom stereocenters. The van der Waals surface area contributed by atoms with Crippen molar-refractivity contribution in [2.45, 2.75) is 38.7 Å². The second-order valence-corrected chi connectivity index (χ2v) is 6.34. The Morgan fingerprint density at radius 1 is 1.28 bits per heavy atom. The summed E-state index contributed by atoms with van der Waals surface area (Å²) in [5.41, 5.74) is 0.679. The molecule has 0 aromatic heterocycles. The molecule has 6 heteroatoms. The Morgan fingerprint density at radius 3 is 2.64 bits per heavy atom. The summed E-state index contributed by atoms with van der Waals surface area (Å²) in [6.07, 6.45) is 9.29. The van der Waals surface area contributed by atoms with E-state index in [-0.39, 0.29) is 17.4 Å². The molecule has 1 saturated carbocycles. The molecule has 0 unspecified atom stereocenters. The molecule has 1 aromatic carbocycles. The minimum atomic E-state index is -2.91. The van der Waals surface area contributed by atoms with Gasteiger partial charge in [0.25, 0.3) is 0 Å². The minimum Gasteiger partial charge on any atom is -0.493 e. The van der Waals surface area contributed by atoms with Crippen molar-refractivity contribution in [2.75, 3.05) is 20.7 Å². The third kappa shape index (κ3) is 6.03. The van der Waals surface area contributed by atoms with Crippen molar-refractivity contribution in [3.8, 4) is 11.5 Å². The van der Waals surface area contributed by atoms with Gasteiger partial charge in [-0.3, -0.25) is 4.79 Å². The molecule has 1 aliphatic carbocycles. The zero-order valence-electron chi connectivity index (χ0n) is 14.7. The number of likely N-dealkylation sites (N-methyl/N-ethyl adjacent to an activating group) is 1. The summed E-state index contributed by atoms with van der Waals surface area (Å²) in [5, 5.41) is 0. The van der Waals surface area contributed by atoms with Gasteiger partial charge >= 0.3 is 6.61 Å². The smallest absolute Gasteiger partial charge is 0.387 e. The van der Waals surface area contributed by atoms with E-state index in [0.717, 1.165) is 6.54 Å². The van der Waals surface area contributed by atoms with E-state index in [1.165, 1.54) is 51.4 Å². The molecule has 0 saturated heterocycles. The zero-order chi connectivity index (χ0) is 18.2. The standard InChI is InChI=1S/C19H25F2NO3/c1-22(13-15-6-4-3-5-7-15)18(23)11-9-14-8-10-16(25-19(20)21)17(12-14)24-2/h8-12,15,19H,3-7,13H2,1-2H3/b11-9+. The molecule has 0 bridgehead atoms. The first-order chi connectivity index (χ1) is 12.0. The summed E-state index contributed by atoms with van der Waals surface area (Å²) in [6, 6.07) is 4.56. The van der Waals surface area contributed by atoms with Crippen molar-refractivity contribution in [2.24, 2.45) is 5.92 Å². The lowest BCUT2D eigenvalue weighted by molar-refractivity contribution is -0.125. The number of halogens is 2. The second-order valence-electron chi connectivity index (χ2n) is 6.34. The highest BCUT2D eigenvalue weighted by molar-refractivity contribution is 5.91. The van der Waals surface area contributed by atoms with Crippen molar-refractivity contribution >= 4 is 12.0 Å². The Labute approximate surface area is 147 Å². The molecule has 1 amide bonds. The van der Waals surface area contributed by atoms with Gasteiger partial charge in [-0.2, -0.15) is 8.78 Å². The summed E-state index contributed by atoms with van der Waals surface area (Å²) < 4.78 is 34.1. The molecule has 0 spiro atoms. The van der Waals surface area contributed by atoms with Gasteiger partial charge in [0.15, 0.2) is 11.5 Å². The fraction of sp³-hybridized carbons (Fsp3) is 0.526. The van der Waals surface area contributed by atoms with E-state index in [0.29, 0.717) is 11.5 Å². The minimum absolute atomic E-state index is 0.0320. The van der Waals surface area contributed by atoms with Crippen molar-refractivity contribution < 1.29 is 23.0 Å². The van der Waals surface area contributed by atoms with Gasteiger partial charge in [-0.25, -0.2) is 0 Å². The van der Waals surface area contributed by atoms with E-state index in [4.69, 9.17) is 4.74 Å². The van der Waals surface area contributed by atoms with E-state index >= 15 is 0 Å². The largest absolute Gasteiger partial charge is 0.493 e. The first-order valence-electron chi connectivity index (χ1n) is 8.55. The van der Waals surface area contributed by atoms with E-state index in [1.54, 1.807) is 30.2 Å². The van der Waals surface area contributed by atoms with Crippen LogP contribution in [0.25, 0.3) is 6.08 Å². The maximum absolute atomic E-state index is 12.3. The van der Waals surface area contributed by atoms with Crippen LogP contribution in [0.5, 0.6) is 11.5 Å². The highest BCUT2D eigenvalue weighted by Crippen LogP contribution is 2.30. The van der Waals surface area contributed by atoms with Gasteiger partial charge < -0.3 is 14.4 Å². The normalized spacial score (nSPS) is 15.6. The predicted molar refractivity (Wildman–Crippen MR) is 92.9 cm³/mol. The average molecular weight is 353 g/mol. The monoisotopic (exact) mass is 353 g/mol. The van der Waals surface area contributed by atoms with Crippen LogP contribution in [0, 0.1) is 5.92 Å². The third-order valence-corrected chi connectivity index (χ3v) is 4.46. The Hall–Kier alpha value is -2.11. The molecule has 4 nitrogen and oxygen atoms in total. The first kappa shape index (κ1) is 19.2. The van der Waals surface area contributed by atoms with Gasteiger partial charge in [0, 0.05) is 19.7 Å². The average Bonchev–Trinajstić information content (AvgIpc) is 2.60. The molecule has 2 rings (SSSR count). The molecule has 1 aliphatic rings. The highest BCUT2D eigenvalue weighted by atomic mass is 19.3. The fourth-order valence-electron chi connectivity index (χ4n) is 3.12. The molecule has 25 heavy (non-hydrogen) atoms. The molecule has 0 N–H and O–H groups in total. The summed E-state index contributed by atoms with van der Waals surface area (Å²) in [4.78, 5) is 14.0. The van der Waals surface area contributed by atoms with Crippen molar-refractivity contribution in [3.05, 3.63) is 29.8 Å². The number of alkyl halides is 2. The summed E-state index contributed by atoms with van der Waals surface area (Å²) in [5.74, 6) is 0.681. The molecule has 0 heterocycles. The Kier molecular flexibility index (Phi) is 7.22. The number of amides is 1. The van der Waals surface area contributed by atoms with Gasteiger partial charge in [0.05, 0.1) is 7.11 Å². The van der Waals surface area contributed by atoms with Gasteiger partial charge in [-0.1, -0.05) is 25.3 Å². The topological polar surface area (TPSA) is 38.8 Å². The molecule has 0 aliphatic heterocycles. The second kappa shape index (κ2) is 9.39. The maximum Gasteiger partial charge on any atom is 0.387 e. The third-order valence-electron chi connectivity index (χ3n) is 4.46. The number of hydrogen-bond donors (Lipinski definition) is 0. The summed E-state index contributed by atoms with van der Waals surface area (Å²) in [6.45, 7) is -2.14. The van der Waals surface area contributed by atoms with E-state index < -0.39 is 6.61 Å². The zero-order valence-corrected chi connectivity index (χ0v) is 14.7. The van der Waals surface area contributed by atoms with Crippen LogP contribution in [-0.2, 0) is 4.79 Å². The van der Waals surface area contributed by atoms with Gasteiger partial charge in [0.2, 0.25) is 5.91 Å². The van der Waals surface area contributed by atoms with Crippen molar-refractivity contribution in [3.63, 3.8) is 0 Å². The number of hydrogen-bond acceptors (Lipinski definition) is 3. The molecule has 1 fully saturated rings. The maximum atomic E-state index is 12.3. The van der Waals surface area contributed by atoms with E-state index in [2.05, 4.69) is 4.74 Å². The Balaban J connectivity index is 1.96. The lowest BCUT2D eigenvalue weighted by Gasteiger charge is -2.26. The van der Waals surface area contributed by atoms with E-state index in [9.17, 15) is 13.6 Å². The Morgan fingerprint density at radius 2 is 2.00 bits per heavy atom. The van der Waals surface area contributed by atoms with Crippen LogP contribution in [0.2, 0.25) is 0 Å². The SMILES string of the molecule is COc1cc(/C=C/C(=O)N(C)CC2CCCCC2)ccc1OC(F)F. The quantitative estimate of drug-likeness (QED) is 0.684. The molecule has 0 radical (unpaired) electrons.